The standard InChI is InChI=1S/C20H22ClN5O/c1-14-4-6-17(7-5-14)25-20(27)24-11-15-3-2-8-26(13-15)19-18(21)9-16(10-22)12-23-19/h4-7,9,12,15H,2-3,8,11,13H2,1H3,(H2,24,25,27). The molecule has 1 atom stereocenters. The number of anilines is 2. The summed E-state index contributed by atoms with van der Waals surface area (Å²) in [7, 11) is 0. The first kappa shape index (κ1) is 19.0. The van der Waals surface area contributed by atoms with Gasteiger partial charge in [0.15, 0.2) is 0 Å². The maximum Gasteiger partial charge on any atom is 0.319 e. The van der Waals surface area contributed by atoms with Crippen molar-refractivity contribution in [1.29, 1.82) is 5.26 Å². The van der Waals surface area contributed by atoms with Crippen LogP contribution in [0.15, 0.2) is 36.5 Å². The molecule has 1 saturated heterocycles. The molecule has 6 nitrogen and oxygen atoms in total. The molecule has 1 aliphatic rings. The number of nitriles is 1. The Bertz CT molecular complexity index is 846. The Balaban J connectivity index is 1.53. The van der Waals surface area contributed by atoms with Gasteiger partial charge in [-0.05, 0) is 43.9 Å². The van der Waals surface area contributed by atoms with Gasteiger partial charge in [-0.25, -0.2) is 9.78 Å². The summed E-state index contributed by atoms with van der Waals surface area (Å²) < 4.78 is 0. The molecule has 140 valence electrons. The van der Waals surface area contributed by atoms with E-state index >= 15 is 0 Å². The average Bonchev–Trinajstić information content (AvgIpc) is 2.68. The second-order valence-corrected chi connectivity index (χ2v) is 7.20. The summed E-state index contributed by atoms with van der Waals surface area (Å²) in [6, 6.07) is 11.2. The van der Waals surface area contributed by atoms with E-state index in [0.717, 1.165) is 37.2 Å². The van der Waals surface area contributed by atoms with Crippen LogP contribution in [0.4, 0.5) is 16.3 Å². The zero-order valence-corrected chi connectivity index (χ0v) is 16.0. The van der Waals surface area contributed by atoms with Crippen LogP contribution in [0.1, 0.15) is 24.0 Å². The molecule has 2 aromatic rings. The number of nitrogens with one attached hydrogen (secondary N) is 2. The van der Waals surface area contributed by atoms with Crippen molar-refractivity contribution in [2.75, 3.05) is 29.9 Å². The van der Waals surface area contributed by atoms with E-state index in [1.54, 1.807) is 6.07 Å². The lowest BCUT2D eigenvalue weighted by atomic mass is 9.98. The monoisotopic (exact) mass is 383 g/mol. The number of carbonyl (C=O) groups excluding carboxylic acids is 1. The number of hydrogen-bond donors (Lipinski definition) is 2. The van der Waals surface area contributed by atoms with Crippen LogP contribution >= 0.6 is 11.6 Å². The molecule has 1 unspecified atom stereocenters. The SMILES string of the molecule is Cc1ccc(NC(=O)NCC2CCCN(c3ncc(C#N)cc3Cl)C2)cc1. The summed E-state index contributed by atoms with van der Waals surface area (Å²) in [6.07, 6.45) is 3.58. The molecule has 2 N–H and O–H groups in total. The fraction of sp³-hybridized carbons (Fsp3) is 0.350. The van der Waals surface area contributed by atoms with E-state index in [4.69, 9.17) is 16.9 Å². The van der Waals surface area contributed by atoms with Gasteiger partial charge in [-0.15, -0.1) is 0 Å². The number of aryl methyl sites for hydroxylation is 1. The van der Waals surface area contributed by atoms with Gasteiger partial charge in [0, 0.05) is 31.5 Å². The van der Waals surface area contributed by atoms with Crippen LogP contribution in [0.2, 0.25) is 5.02 Å². The number of aromatic nitrogens is 1. The Kier molecular flexibility index (Phi) is 6.15. The molecule has 27 heavy (non-hydrogen) atoms. The molecule has 7 heteroatoms. The Morgan fingerprint density at radius 1 is 1.41 bits per heavy atom. The number of hydrogen-bond acceptors (Lipinski definition) is 4. The van der Waals surface area contributed by atoms with Crippen molar-refractivity contribution in [3.63, 3.8) is 0 Å². The van der Waals surface area contributed by atoms with Crippen molar-refractivity contribution in [3.05, 3.63) is 52.7 Å². The van der Waals surface area contributed by atoms with E-state index in [-0.39, 0.29) is 6.03 Å². The number of rotatable bonds is 4. The summed E-state index contributed by atoms with van der Waals surface area (Å²) in [5, 5.41) is 15.2. The van der Waals surface area contributed by atoms with Crippen molar-refractivity contribution >= 4 is 29.1 Å². The van der Waals surface area contributed by atoms with Crippen LogP contribution in [0.3, 0.4) is 0 Å². The highest BCUT2D eigenvalue weighted by molar-refractivity contribution is 6.33. The van der Waals surface area contributed by atoms with E-state index in [1.807, 2.05) is 37.3 Å². The molecule has 0 radical (unpaired) electrons. The van der Waals surface area contributed by atoms with Crippen molar-refractivity contribution < 1.29 is 4.79 Å². The zero-order valence-electron chi connectivity index (χ0n) is 15.2. The number of nitrogens with zero attached hydrogens (tertiary/aromatic N) is 3. The van der Waals surface area contributed by atoms with Gasteiger partial charge in [-0.1, -0.05) is 29.3 Å². The van der Waals surface area contributed by atoms with Gasteiger partial charge in [-0.2, -0.15) is 5.26 Å². The van der Waals surface area contributed by atoms with Crippen LogP contribution in [0.5, 0.6) is 0 Å². The van der Waals surface area contributed by atoms with Crippen LogP contribution < -0.4 is 15.5 Å². The molecule has 0 aliphatic carbocycles. The maximum atomic E-state index is 12.1. The predicted molar refractivity (Wildman–Crippen MR) is 107 cm³/mol. The summed E-state index contributed by atoms with van der Waals surface area (Å²) in [5.74, 6) is 1.01. The Morgan fingerprint density at radius 3 is 2.89 bits per heavy atom. The van der Waals surface area contributed by atoms with Crippen LogP contribution in [0, 0.1) is 24.2 Å². The molecular weight excluding hydrogens is 362 g/mol. The summed E-state index contributed by atoms with van der Waals surface area (Å²) in [6.45, 7) is 4.23. The normalized spacial score (nSPS) is 16.5. The Hall–Kier alpha value is -2.78. The van der Waals surface area contributed by atoms with Gasteiger partial charge < -0.3 is 15.5 Å². The molecule has 0 saturated carbocycles. The van der Waals surface area contributed by atoms with Crippen molar-refractivity contribution in [1.82, 2.24) is 10.3 Å². The minimum atomic E-state index is -0.203. The predicted octanol–water partition coefficient (Wildman–Crippen LogP) is 3.95. The number of urea groups is 1. The molecule has 2 amide bonds. The molecule has 1 aromatic heterocycles. The second-order valence-electron chi connectivity index (χ2n) is 6.80. The van der Waals surface area contributed by atoms with E-state index in [9.17, 15) is 4.79 Å². The van der Waals surface area contributed by atoms with E-state index in [2.05, 4.69) is 20.5 Å². The molecule has 0 spiro atoms. The quantitative estimate of drug-likeness (QED) is 0.837. The lowest BCUT2D eigenvalue weighted by molar-refractivity contribution is 0.249. The van der Waals surface area contributed by atoms with E-state index < -0.39 is 0 Å². The average molecular weight is 384 g/mol. The second kappa shape index (κ2) is 8.74. The lowest BCUT2D eigenvalue weighted by Gasteiger charge is -2.34. The van der Waals surface area contributed by atoms with Gasteiger partial charge in [0.05, 0.1) is 10.6 Å². The fourth-order valence-corrected chi connectivity index (χ4v) is 3.48. The van der Waals surface area contributed by atoms with Gasteiger partial charge in [0.1, 0.15) is 11.9 Å². The molecule has 0 bridgehead atoms. The van der Waals surface area contributed by atoms with Crippen LogP contribution in [-0.4, -0.2) is 30.6 Å². The van der Waals surface area contributed by atoms with Crippen LogP contribution in [0.25, 0.3) is 0 Å². The smallest absolute Gasteiger partial charge is 0.319 e. The number of carbonyl (C=O) groups is 1. The minimum Gasteiger partial charge on any atom is -0.355 e. The Morgan fingerprint density at radius 2 is 2.19 bits per heavy atom. The first-order valence-electron chi connectivity index (χ1n) is 8.97. The Labute approximate surface area is 164 Å². The first-order valence-corrected chi connectivity index (χ1v) is 9.35. The molecule has 2 heterocycles. The van der Waals surface area contributed by atoms with Gasteiger partial charge in [0.2, 0.25) is 0 Å². The number of pyridine rings is 1. The highest BCUT2D eigenvalue weighted by Gasteiger charge is 2.23. The molecule has 1 fully saturated rings. The number of piperidine rings is 1. The van der Waals surface area contributed by atoms with E-state index in [0.29, 0.717) is 28.9 Å². The van der Waals surface area contributed by atoms with Gasteiger partial charge in [-0.3, -0.25) is 0 Å². The third-order valence-corrected chi connectivity index (χ3v) is 4.91. The van der Waals surface area contributed by atoms with E-state index in [1.165, 1.54) is 6.20 Å². The largest absolute Gasteiger partial charge is 0.355 e. The molecule has 3 rings (SSSR count). The molecule has 1 aromatic carbocycles. The number of amides is 2. The van der Waals surface area contributed by atoms with Crippen molar-refractivity contribution in [3.8, 4) is 6.07 Å². The highest BCUT2D eigenvalue weighted by Crippen LogP contribution is 2.28. The minimum absolute atomic E-state index is 0.203. The highest BCUT2D eigenvalue weighted by atomic mass is 35.5. The number of halogens is 1. The molecular formula is C20H22ClN5O. The zero-order chi connectivity index (χ0) is 19.2. The lowest BCUT2D eigenvalue weighted by Crippen LogP contribution is -2.42. The van der Waals surface area contributed by atoms with Gasteiger partial charge in [0.25, 0.3) is 0 Å². The summed E-state index contributed by atoms with van der Waals surface area (Å²) in [5.41, 5.74) is 2.38. The molecule has 1 aliphatic heterocycles. The van der Waals surface area contributed by atoms with Crippen LogP contribution in [-0.2, 0) is 0 Å². The fourth-order valence-electron chi connectivity index (χ4n) is 3.20. The topological polar surface area (TPSA) is 81.1 Å². The summed E-state index contributed by atoms with van der Waals surface area (Å²) in [4.78, 5) is 18.6. The third kappa shape index (κ3) is 5.11. The summed E-state index contributed by atoms with van der Waals surface area (Å²) >= 11 is 6.28. The van der Waals surface area contributed by atoms with Crippen molar-refractivity contribution in [2.45, 2.75) is 19.8 Å². The van der Waals surface area contributed by atoms with Crippen molar-refractivity contribution in [2.24, 2.45) is 5.92 Å². The van der Waals surface area contributed by atoms with Gasteiger partial charge >= 0.3 is 6.03 Å². The first-order chi connectivity index (χ1) is 13.0. The third-order valence-electron chi connectivity index (χ3n) is 4.63. The number of benzene rings is 1. The maximum absolute atomic E-state index is 12.1.